The van der Waals surface area contributed by atoms with E-state index in [2.05, 4.69) is 26.6 Å². The Balaban J connectivity index is 0.00000361. The second-order valence-corrected chi connectivity index (χ2v) is 4.55. The van der Waals surface area contributed by atoms with Crippen LogP contribution in [0.3, 0.4) is 0 Å². The van der Waals surface area contributed by atoms with Crippen molar-refractivity contribution in [1.29, 1.82) is 0 Å². The number of nitrogens with one attached hydrogen (secondary N) is 2. The van der Waals surface area contributed by atoms with Gasteiger partial charge in [-0.25, -0.2) is 0 Å². The van der Waals surface area contributed by atoms with Gasteiger partial charge in [0.1, 0.15) is 12.4 Å². The summed E-state index contributed by atoms with van der Waals surface area (Å²) >= 11 is 3.34. The predicted octanol–water partition coefficient (Wildman–Crippen LogP) is 0.441. The van der Waals surface area contributed by atoms with E-state index in [0.717, 1.165) is 10.2 Å². The molecule has 0 saturated heterocycles. The zero-order valence-electron chi connectivity index (χ0n) is 10.7. The number of ether oxygens (including phenoxy) is 1. The average Bonchev–Trinajstić information content (AvgIpc) is 2.41. The first-order valence-electron chi connectivity index (χ1n) is 5.73. The highest BCUT2D eigenvalue weighted by Crippen LogP contribution is 2.17. The summed E-state index contributed by atoms with van der Waals surface area (Å²) in [5.74, 6) is 0.0836. The maximum atomic E-state index is 11.3. The molecule has 0 spiro atoms. The van der Waals surface area contributed by atoms with Gasteiger partial charge < -0.3 is 21.1 Å². The molecule has 0 heterocycles. The maximum Gasteiger partial charge on any atom is 0.239 e. The van der Waals surface area contributed by atoms with Crippen molar-refractivity contribution in [2.75, 3.05) is 26.2 Å². The Bertz CT molecular complexity index is 446. The number of carbonyl (C=O) groups is 2. The molecule has 0 fully saturated rings. The Hall–Kier alpha value is -1.31. The van der Waals surface area contributed by atoms with Crippen LogP contribution >= 0.6 is 28.3 Å². The smallest absolute Gasteiger partial charge is 0.239 e. The van der Waals surface area contributed by atoms with E-state index >= 15 is 0 Å². The normalized spacial score (nSPS) is 9.30. The van der Waals surface area contributed by atoms with E-state index in [1.54, 1.807) is 0 Å². The molecule has 1 rings (SSSR count). The molecule has 0 atom stereocenters. The molecule has 1 aromatic carbocycles. The van der Waals surface area contributed by atoms with E-state index < -0.39 is 0 Å². The number of hydrogen-bond donors (Lipinski definition) is 3. The molecular weight excluding hydrogens is 350 g/mol. The zero-order valence-corrected chi connectivity index (χ0v) is 13.1. The molecule has 112 valence electrons. The first kappa shape index (κ1) is 18.7. The molecule has 2 amide bonds. The predicted molar refractivity (Wildman–Crippen MR) is 82.0 cm³/mol. The van der Waals surface area contributed by atoms with Crippen LogP contribution < -0.4 is 21.1 Å². The summed E-state index contributed by atoms with van der Waals surface area (Å²) in [6, 6.07) is 7.42. The second-order valence-electron chi connectivity index (χ2n) is 3.64. The molecule has 1 aromatic rings. The summed E-state index contributed by atoms with van der Waals surface area (Å²) in [7, 11) is 0. The number of amides is 2. The lowest BCUT2D eigenvalue weighted by Gasteiger charge is -2.08. The van der Waals surface area contributed by atoms with Crippen LogP contribution in [-0.2, 0) is 9.59 Å². The van der Waals surface area contributed by atoms with Crippen LogP contribution in [0.1, 0.15) is 0 Å². The third-order valence-electron chi connectivity index (χ3n) is 2.12. The van der Waals surface area contributed by atoms with Crippen LogP contribution in [0.25, 0.3) is 0 Å². The molecule has 0 saturated carbocycles. The molecule has 0 unspecified atom stereocenters. The number of benzene rings is 1. The van der Waals surface area contributed by atoms with Crippen molar-refractivity contribution >= 4 is 40.2 Å². The summed E-state index contributed by atoms with van der Waals surface area (Å²) in [6.07, 6.45) is 0. The van der Waals surface area contributed by atoms with E-state index in [4.69, 9.17) is 10.5 Å². The van der Waals surface area contributed by atoms with Crippen molar-refractivity contribution in [2.24, 2.45) is 5.73 Å². The Morgan fingerprint density at radius 1 is 1.25 bits per heavy atom. The topological polar surface area (TPSA) is 93.5 Å². The summed E-state index contributed by atoms with van der Waals surface area (Å²) in [5, 5.41) is 4.99. The average molecular weight is 367 g/mol. The van der Waals surface area contributed by atoms with Gasteiger partial charge in [0.15, 0.2) is 0 Å². The van der Waals surface area contributed by atoms with Crippen LogP contribution in [0.15, 0.2) is 28.7 Å². The molecule has 0 aliphatic rings. The molecule has 20 heavy (non-hydrogen) atoms. The largest absolute Gasteiger partial charge is 0.492 e. The van der Waals surface area contributed by atoms with E-state index in [1.807, 2.05) is 24.3 Å². The third-order valence-corrected chi connectivity index (χ3v) is 2.61. The Morgan fingerprint density at radius 3 is 2.65 bits per heavy atom. The highest BCUT2D eigenvalue weighted by atomic mass is 79.9. The molecule has 6 nitrogen and oxygen atoms in total. The lowest BCUT2D eigenvalue weighted by atomic mass is 10.3. The second kappa shape index (κ2) is 10.5. The van der Waals surface area contributed by atoms with Gasteiger partial charge in [-0.2, -0.15) is 0 Å². The van der Waals surface area contributed by atoms with Crippen LogP contribution in [0, 0.1) is 0 Å². The van der Waals surface area contributed by atoms with Gasteiger partial charge in [-0.1, -0.05) is 22.0 Å². The molecule has 0 aliphatic carbocycles. The summed E-state index contributed by atoms with van der Waals surface area (Å²) in [4.78, 5) is 22.1. The molecule has 0 aromatic heterocycles. The van der Waals surface area contributed by atoms with E-state index in [-0.39, 0.29) is 37.3 Å². The molecule has 0 aliphatic heterocycles. The minimum absolute atomic E-state index is 0. The van der Waals surface area contributed by atoms with Crippen LogP contribution in [0.5, 0.6) is 5.75 Å². The van der Waals surface area contributed by atoms with Crippen LogP contribution in [-0.4, -0.2) is 38.1 Å². The SMILES string of the molecule is Cl.NCC(=O)NCC(=O)NCCOc1cccc(Br)c1. The van der Waals surface area contributed by atoms with Gasteiger partial charge in [0.25, 0.3) is 0 Å². The summed E-state index contributed by atoms with van der Waals surface area (Å²) < 4.78 is 6.36. The molecule has 0 bridgehead atoms. The fraction of sp³-hybridized carbons (Fsp3) is 0.333. The Kier molecular flexibility index (Phi) is 9.79. The van der Waals surface area contributed by atoms with Crippen molar-refractivity contribution in [3.63, 3.8) is 0 Å². The van der Waals surface area contributed by atoms with E-state index in [9.17, 15) is 9.59 Å². The minimum Gasteiger partial charge on any atom is -0.492 e. The summed E-state index contributed by atoms with van der Waals surface area (Å²) in [6.45, 7) is 0.517. The van der Waals surface area contributed by atoms with Gasteiger partial charge in [0.05, 0.1) is 19.6 Å². The highest BCUT2D eigenvalue weighted by molar-refractivity contribution is 9.10. The first-order valence-corrected chi connectivity index (χ1v) is 6.53. The van der Waals surface area contributed by atoms with Gasteiger partial charge in [0, 0.05) is 4.47 Å². The Labute approximate surface area is 132 Å². The van der Waals surface area contributed by atoms with Crippen molar-refractivity contribution in [3.05, 3.63) is 28.7 Å². The first-order chi connectivity index (χ1) is 9.11. The fourth-order valence-corrected chi connectivity index (χ4v) is 1.61. The van der Waals surface area contributed by atoms with E-state index in [1.165, 1.54) is 0 Å². The van der Waals surface area contributed by atoms with Gasteiger partial charge in [-0.3, -0.25) is 9.59 Å². The van der Waals surface area contributed by atoms with Crippen molar-refractivity contribution in [2.45, 2.75) is 0 Å². The fourth-order valence-electron chi connectivity index (χ4n) is 1.23. The lowest BCUT2D eigenvalue weighted by Crippen LogP contribution is -2.40. The molecular formula is C12H17BrClN3O3. The van der Waals surface area contributed by atoms with Gasteiger partial charge in [-0.15, -0.1) is 12.4 Å². The third kappa shape index (κ3) is 7.98. The lowest BCUT2D eigenvalue weighted by molar-refractivity contribution is -0.125. The van der Waals surface area contributed by atoms with Crippen molar-refractivity contribution in [1.82, 2.24) is 10.6 Å². The number of rotatable bonds is 7. The number of nitrogens with two attached hydrogens (primary N) is 1. The van der Waals surface area contributed by atoms with Gasteiger partial charge >= 0.3 is 0 Å². The maximum absolute atomic E-state index is 11.3. The van der Waals surface area contributed by atoms with Crippen molar-refractivity contribution in [3.8, 4) is 5.75 Å². The number of carbonyl (C=O) groups excluding carboxylic acids is 2. The van der Waals surface area contributed by atoms with E-state index in [0.29, 0.717) is 13.2 Å². The number of halogens is 2. The van der Waals surface area contributed by atoms with Crippen molar-refractivity contribution < 1.29 is 14.3 Å². The minimum atomic E-state index is -0.361. The van der Waals surface area contributed by atoms with Gasteiger partial charge in [-0.05, 0) is 18.2 Å². The molecule has 8 heteroatoms. The number of hydrogen-bond acceptors (Lipinski definition) is 4. The Morgan fingerprint density at radius 2 is 2.00 bits per heavy atom. The summed E-state index contributed by atoms with van der Waals surface area (Å²) in [5.41, 5.74) is 5.09. The van der Waals surface area contributed by atoms with Gasteiger partial charge in [0.2, 0.25) is 11.8 Å². The quantitative estimate of drug-likeness (QED) is 0.611. The highest BCUT2D eigenvalue weighted by Gasteiger charge is 2.03. The van der Waals surface area contributed by atoms with Crippen LogP contribution in [0.4, 0.5) is 0 Å². The van der Waals surface area contributed by atoms with Crippen LogP contribution in [0.2, 0.25) is 0 Å². The molecule has 0 radical (unpaired) electrons. The standard InChI is InChI=1S/C12H16BrN3O3.ClH/c13-9-2-1-3-10(6-9)19-5-4-15-12(18)8-16-11(17)7-14;/h1-3,6H,4-5,7-8,14H2,(H,15,18)(H,16,17);1H. The zero-order chi connectivity index (χ0) is 14.1. The monoisotopic (exact) mass is 365 g/mol. The molecule has 4 N–H and O–H groups in total.